The number of nitrogens with zero attached hydrogens (tertiary/aromatic N) is 2. The minimum atomic E-state index is -0.805. The number of phenols is 1. The maximum atomic E-state index is 13.9. The number of phenolic OH excluding ortho intramolecular Hbond substituents is 1. The molecule has 2 aromatic carbocycles. The van der Waals surface area contributed by atoms with Crippen molar-refractivity contribution in [2.45, 2.75) is 38.9 Å². The molecule has 0 saturated heterocycles. The molecule has 0 saturated carbocycles. The zero-order valence-corrected chi connectivity index (χ0v) is 21.3. The van der Waals surface area contributed by atoms with Crippen LogP contribution >= 0.6 is 0 Å². The van der Waals surface area contributed by atoms with E-state index in [-0.39, 0.29) is 35.3 Å². The number of carbonyl (C=O) groups excluding carboxylic acids is 1. The van der Waals surface area contributed by atoms with Crippen LogP contribution < -0.4 is 10.9 Å². The van der Waals surface area contributed by atoms with Crippen LogP contribution in [0.1, 0.15) is 36.9 Å². The molecular weight excluding hydrogens is 474 g/mol. The molecule has 0 aliphatic carbocycles. The summed E-state index contributed by atoms with van der Waals surface area (Å²) in [5.74, 6) is -1.46. The summed E-state index contributed by atoms with van der Waals surface area (Å²) in [6, 6.07) is 15.8. The van der Waals surface area contributed by atoms with Crippen molar-refractivity contribution in [2.24, 2.45) is 13.0 Å². The van der Waals surface area contributed by atoms with Crippen LogP contribution in [0, 0.1) is 12.8 Å². The highest BCUT2D eigenvalue weighted by Gasteiger charge is 2.40. The van der Waals surface area contributed by atoms with Crippen molar-refractivity contribution in [3.8, 4) is 11.4 Å². The van der Waals surface area contributed by atoms with E-state index >= 15 is 0 Å². The van der Waals surface area contributed by atoms with E-state index in [1.807, 2.05) is 51.2 Å². The van der Waals surface area contributed by atoms with Crippen LogP contribution in [0.4, 0.5) is 5.69 Å². The molecule has 9 nitrogen and oxygen atoms in total. The van der Waals surface area contributed by atoms with Crippen LogP contribution in [0.3, 0.4) is 0 Å². The van der Waals surface area contributed by atoms with E-state index in [2.05, 4.69) is 5.32 Å². The van der Waals surface area contributed by atoms with Gasteiger partial charge in [-0.15, -0.1) is 0 Å². The first-order valence-electron chi connectivity index (χ1n) is 12.4. The van der Waals surface area contributed by atoms with Gasteiger partial charge in [0.2, 0.25) is 6.29 Å². The summed E-state index contributed by atoms with van der Waals surface area (Å²) in [5.41, 5.74) is 2.06. The lowest BCUT2D eigenvalue weighted by Crippen LogP contribution is -2.39. The Bertz CT molecular complexity index is 1330. The van der Waals surface area contributed by atoms with E-state index in [1.54, 1.807) is 33.6 Å². The smallest absolute Gasteiger partial charge is 0.290 e. The molecule has 1 amide bonds. The highest BCUT2D eigenvalue weighted by atomic mass is 16.7. The lowest BCUT2D eigenvalue weighted by atomic mass is 9.80. The van der Waals surface area contributed by atoms with Crippen LogP contribution in [-0.2, 0) is 21.3 Å². The fourth-order valence-corrected chi connectivity index (χ4v) is 4.84. The predicted octanol–water partition coefficient (Wildman–Crippen LogP) is 3.58. The third kappa shape index (κ3) is 5.33. The first kappa shape index (κ1) is 26.2. The number of carbonyl (C=O) groups is 1. The number of hydrogen-bond donors (Lipinski definition) is 3. The number of aromatic nitrogens is 2. The Morgan fingerprint density at radius 2 is 1.84 bits per heavy atom. The summed E-state index contributed by atoms with van der Waals surface area (Å²) in [7, 11) is 1.82. The molecule has 196 valence electrons. The Kier molecular flexibility index (Phi) is 8.15. The molecule has 0 fully saturated rings. The predicted molar refractivity (Wildman–Crippen MR) is 140 cm³/mol. The van der Waals surface area contributed by atoms with Crippen molar-refractivity contribution in [3.63, 3.8) is 0 Å². The Hall–Kier alpha value is -3.82. The van der Waals surface area contributed by atoms with Gasteiger partial charge < -0.3 is 25.0 Å². The second-order valence-electron chi connectivity index (χ2n) is 8.97. The van der Waals surface area contributed by atoms with Gasteiger partial charge in [-0.3, -0.25) is 14.3 Å². The van der Waals surface area contributed by atoms with E-state index < -0.39 is 18.1 Å². The Morgan fingerprint density at radius 1 is 1.14 bits per heavy atom. The molecule has 3 atom stereocenters. The molecule has 0 unspecified atom stereocenters. The maximum absolute atomic E-state index is 13.9. The summed E-state index contributed by atoms with van der Waals surface area (Å²) in [5, 5.41) is 22.3. The zero-order chi connectivity index (χ0) is 26.5. The summed E-state index contributed by atoms with van der Waals surface area (Å²) < 4.78 is 15.3. The number of ether oxygens (including phenoxy) is 2. The molecule has 1 aliphatic heterocycles. The number of benzene rings is 2. The average molecular weight is 508 g/mol. The summed E-state index contributed by atoms with van der Waals surface area (Å²) in [6.07, 6.45) is 1.86. The number of aromatic hydroxyl groups is 1. The second-order valence-corrected chi connectivity index (χ2v) is 8.97. The van der Waals surface area contributed by atoms with E-state index in [0.29, 0.717) is 25.0 Å². The van der Waals surface area contributed by atoms with Gasteiger partial charge in [0, 0.05) is 43.4 Å². The van der Waals surface area contributed by atoms with Crippen LogP contribution in [-0.4, -0.2) is 45.0 Å². The SMILES string of the molecule is CCO[C@H]1OC(C(=O)Nc2ccccc2O)=C[C@@H](c2c(C)n(C)n(-c3ccccc3)c2=O)[C@@H]1CCCO. The Labute approximate surface area is 215 Å². The minimum Gasteiger partial charge on any atom is -0.506 e. The van der Waals surface area contributed by atoms with Crippen molar-refractivity contribution < 1.29 is 24.5 Å². The first-order valence-corrected chi connectivity index (χ1v) is 12.4. The molecule has 9 heteroatoms. The number of para-hydroxylation sites is 3. The van der Waals surface area contributed by atoms with Crippen molar-refractivity contribution in [3.05, 3.63) is 88.0 Å². The van der Waals surface area contributed by atoms with E-state index in [9.17, 15) is 19.8 Å². The van der Waals surface area contributed by atoms with Gasteiger partial charge in [0.25, 0.3) is 11.5 Å². The summed E-state index contributed by atoms with van der Waals surface area (Å²) in [4.78, 5) is 27.1. The van der Waals surface area contributed by atoms with E-state index in [4.69, 9.17) is 9.47 Å². The summed E-state index contributed by atoms with van der Waals surface area (Å²) in [6.45, 7) is 4.02. The fraction of sp³-hybridized carbons (Fsp3) is 0.357. The number of nitrogens with one attached hydrogen (secondary N) is 1. The normalized spacial score (nSPS) is 19.2. The van der Waals surface area contributed by atoms with Crippen molar-refractivity contribution in [1.29, 1.82) is 0 Å². The van der Waals surface area contributed by atoms with Gasteiger partial charge in [0.15, 0.2) is 5.76 Å². The zero-order valence-electron chi connectivity index (χ0n) is 21.3. The third-order valence-electron chi connectivity index (χ3n) is 6.72. The molecule has 1 aliphatic rings. The second kappa shape index (κ2) is 11.5. The van der Waals surface area contributed by atoms with Gasteiger partial charge in [-0.25, -0.2) is 4.68 Å². The van der Waals surface area contributed by atoms with Crippen LogP contribution in [0.2, 0.25) is 0 Å². The molecule has 4 rings (SSSR count). The van der Waals surface area contributed by atoms with E-state index in [1.165, 1.54) is 6.07 Å². The number of allylic oxidation sites excluding steroid dienone is 1. The van der Waals surface area contributed by atoms with Gasteiger partial charge >= 0.3 is 0 Å². The lowest BCUT2D eigenvalue weighted by molar-refractivity contribution is -0.165. The molecule has 0 bridgehead atoms. The van der Waals surface area contributed by atoms with Crippen LogP contribution in [0.15, 0.2) is 71.2 Å². The van der Waals surface area contributed by atoms with Crippen LogP contribution in [0.25, 0.3) is 5.69 Å². The molecule has 1 aromatic heterocycles. The molecule has 37 heavy (non-hydrogen) atoms. The number of aliphatic hydroxyl groups is 1. The number of rotatable bonds is 9. The first-order chi connectivity index (χ1) is 17.9. The maximum Gasteiger partial charge on any atom is 0.290 e. The van der Waals surface area contributed by atoms with Crippen molar-refractivity contribution in [1.82, 2.24) is 9.36 Å². The molecule has 3 N–H and O–H groups in total. The number of aliphatic hydroxyl groups excluding tert-OH is 1. The lowest BCUT2D eigenvalue weighted by Gasteiger charge is -2.36. The summed E-state index contributed by atoms with van der Waals surface area (Å²) >= 11 is 0. The van der Waals surface area contributed by atoms with Crippen molar-refractivity contribution in [2.75, 3.05) is 18.5 Å². The molecule has 0 radical (unpaired) electrons. The number of hydrogen-bond acceptors (Lipinski definition) is 6. The monoisotopic (exact) mass is 507 g/mol. The van der Waals surface area contributed by atoms with Gasteiger partial charge in [-0.2, -0.15) is 0 Å². The quantitative estimate of drug-likeness (QED) is 0.382. The molecule has 2 heterocycles. The third-order valence-corrected chi connectivity index (χ3v) is 6.72. The van der Waals surface area contributed by atoms with Gasteiger partial charge in [0.1, 0.15) is 5.75 Å². The van der Waals surface area contributed by atoms with Gasteiger partial charge in [-0.1, -0.05) is 30.3 Å². The Morgan fingerprint density at radius 3 is 2.51 bits per heavy atom. The highest BCUT2D eigenvalue weighted by Crippen LogP contribution is 2.40. The topological polar surface area (TPSA) is 115 Å². The minimum absolute atomic E-state index is 0.000802. The number of amides is 1. The van der Waals surface area contributed by atoms with Crippen molar-refractivity contribution >= 4 is 11.6 Å². The van der Waals surface area contributed by atoms with Gasteiger partial charge in [-0.05, 0) is 57.0 Å². The molecule has 3 aromatic rings. The number of anilines is 1. The standard InChI is InChI=1S/C28H33N3O6/c1-4-36-28-20(13-10-16-32)21(17-24(37-28)26(34)29-22-14-8-9-15-23(22)33)25-18(2)30(3)31(27(25)35)19-11-6-5-7-12-19/h5-9,11-12,14-15,17,20-21,28,32-33H,4,10,13,16H2,1-3H3,(H,29,34)/t20-,21+,28-/m0/s1. The molecular formula is C28H33N3O6. The van der Waals surface area contributed by atoms with Gasteiger partial charge in [0.05, 0.1) is 11.4 Å². The molecule has 0 spiro atoms. The highest BCUT2D eigenvalue weighted by molar-refractivity contribution is 6.03. The fourth-order valence-electron chi connectivity index (χ4n) is 4.84. The largest absolute Gasteiger partial charge is 0.506 e. The van der Waals surface area contributed by atoms with E-state index in [0.717, 1.165) is 11.4 Å². The Balaban J connectivity index is 1.82. The average Bonchev–Trinajstić information content (AvgIpc) is 3.12. The van der Waals surface area contributed by atoms with Crippen LogP contribution in [0.5, 0.6) is 5.75 Å².